The summed E-state index contributed by atoms with van der Waals surface area (Å²) in [5, 5.41) is 3.04. The number of amides is 1. The molecular weight excluding hydrogens is 300 g/mol. The Morgan fingerprint density at radius 1 is 1.04 bits per heavy atom. The fraction of sp³-hybridized carbons (Fsp3) is 0.263. The molecule has 0 saturated heterocycles. The topological polar surface area (TPSA) is 70.7 Å². The molecule has 0 aliphatic rings. The van der Waals surface area contributed by atoms with Gasteiger partial charge in [-0.2, -0.15) is 0 Å². The van der Waals surface area contributed by atoms with Gasteiger partial charge in [-0.25, -0.2) is 4.99 Å². The molecule has 0 spiro atoms. The van der Waals surface area contributed by atoms with Crippen LogP contribution in [0.4, 0.5) is 5.69 Å². The van der Waals surface area contributed by atoms with Gasteiger partial charge in [0.1, 0.15) is 0 Å². The van der Waals surface area contributed by atoms with Crippen molar-refractivity contribution in [2.75, 3.05) is 18.4 Å². The van der Waals surface area contributed by atoms with Crippen LogP contribution in [-0.4, -0.2) is 29.9 Å². The summed E-state index contributed by atoms with van der Waals surface area (Å²) in [5.41, 5.74) is 8.49. The highest BCUT2D eigenvalue weighted by Gasteiger charge is 2.11. The summed E-state index contributed by atoms with van der Waals surface area (Å²) in [4.78, 5) is 18.4. The van der Waals surface area contributed by atoms with Crippen LogP contribution in [-0.2, 0) is 6.54 Å². The van der Waals surface area contributed by atoms with E-state index >= 15 is 0 Å². The maximum atomic E-state index is 12.3. The van der Waals surface area contributed by atoms with Crippen LogP contribution < -0.4 is 11.1 Å². The summed E-state index contributed by atoms with van der Waals surface area (Å²) in [7, 11) is 0. The minimum atomic E-state index is 0.0558. The molecule has 0 aliphatic carbocycles. The molecule has 0 aliphatic heterocycles. The predicted molar refractivity (Wildman–Crippen MR) is 99.1 cm³/mol. The molecule has 3 N–H and O–H groups in total. The number of para-hydroxylation sites is 1. The number of carbonyl (C=O) groups excluding carboxylic acids is 1. The van der Waals surface area contributed by atoms with Gasteiger partial charge in [0.2, 0.25) is 0 Å². The molecule has 2 aromatic rings. The van der Waals surface area contributed by atoms with Crippen LogP contribution in [0.25, 0.3) is 0 Å². The molecule has 0 unspecified atom stereocenters. The lowest BCUT2D eigenvalue weighted by Crippen LogP contribution is -2.30. The normalized spacial score (nSPS) is 11.2. The lowest BCUT2D eigenvalue weighted by atomic mass is 10.1. The number of anilines is 1. The van der Waals surface area contributed by atoms with E-state index in [1.807, 2.05) is 68.4 Å². The van der Waals surface area contributed by atoms with Crippen LogP contribution >= 0.6 is 0 Å². The second-order valence-electron chi connectivity index (χ2n) is 5.37. The molecule has 24 heavy (non-hydrogen) atoms. The number of nitrogens with zero attached hydrogens (tertiary/aromatic N) is 2. The lowest BCUT2D eigenvalue weighted by Gasteiger charge is -2.18. The summed E-state index contributed by atoms with van der Waals surface area (Å²) in [6.07, 6.45) is 0. The van der Waals surface area contributed by atoms with Crippen molar-refractivity contribution in [2.24, 2.45) is 10.7 Å². The maximum Gasteiger partial charge on any atom is 0.253 e. The number of rotatable bonds is 6. The first kappa shape index (κ1) is 17.5. The van der Waals surface area contributed by atoms with Gasteiger partial charge < -0.3 is 16.0 Å². The van der Waals surface area contributed by atoms with Gasteiger partial charge >= 0.3 is 0 Å². The van der Waals surface area contributed by atoms with E-state index in [0.717, 1.165) is 11.3 Å². The molecule has 5 nitrogen and oxygen atoms in total. The third-order valence-corrected chi connectivity index (χ3v) is 3.73. The number of guanidine groups is 1. The smallest absolute Gasteiger partial charge is 0.253 e. The second-order valence-corrected chi connectivity index (χ2v) is 5.37. The number of nitrogens with two attached hydrogens (primary N) is 1. The van der Waals surface area contributed by atoms with Crippen molar-refractivity contribution in [3.63, 3.8) is 0 Å². The van der Waals surface area contributed by atoms with Crippen LogP contribution in [0.15, 0.2) is 59.6 Å². The minimum absolute atomic E-state index is 0.0558. The van der Waals surface area contributed by atoms with Crippen LogP contribution in [0.1, 0.15) is 29.8 Å². The van der Waals surface area contributed by atoms with Gasteiger partial charge in [0.05, 0.1) is 6.54 Å². The van der Waals surface area contributed by atoms with E-state index in [0.29, 0.717) is 31.2 Å². The Kier molecular flexibility index (Phi) is 6.37. The fourth-order valence-electron chi connectivity index (χ4n) is 2.33. The fourth-order valence-corrected chi connectivity index (χ4v) is 2.33. The molecule has 0 atom stereocenters. The molecule has 0 aromatic heterocycles. The van der Waals surface area contributed by atoms with Crippen LogP contribution in [0.5, 0.6) is 0 Å². The molecule has 0 bridgehead atoms. The van der Waals surface area contributed by atoms with Crippen LogP contribution in [0.3, 0.4) is 0 Å². The Balaban J connectivity index is 1.96. The molecular formula is C19H24N4O. The van der Waals surface area contributed by atoms with Crippen LogP contribution in [0.2, 0.25) is 0 Å². The van der Waals surface area contributed by atoms with Gasteiger partial charge in [-0.15, -0.1) is 0 Å². The molecule has 0 saturated carbocycles. The number of benzene rings is 2. The Hall–Kier alpha value is -2.82. The highest BCUT2D eigenvalue weighted by Crippen LogP contribution is 2.09. The Labute approximate surface area is 143 Å². The number of nitrogens with one attached hydrogen (secondary N) is 1. The molecule has 0 heterocycles. The van der Waals surface area contributed by atoms with Crippen molar-refractivity contribution in [1.82, 2.24) is 4.90 Å². The van der Waals surface area contributed by atoms with Gasteiger partial charge in [-0.05, 0) is 43.7 Å². The van der Waals surface area contributed by atoms with E-state index in [-0.39, 0.29) is 5.91 Å². The first-order valence-corrected chi connectivity index (χ1v) is 8.14. The van der Waals surface area contributed by atoms with Crippen molar-refractivity contribution in [3.05, 3.63) is 65.7 Å². The highest BCUT2D eigenvalue weighted by atomic mass is 16.2. The van der Waals surface area contributed by atoms with Crippen molar-refractivity contribution < 1.29 is 4.79 Å². The molecule has 126 valence electrons. The van der Waals surface area contributed by atoms with Gasteiger partial charge in [0.15, 0.2) is 5.96 Å². The number of carbonyl (C=O) groups is 1. The van der Waals surface area contributed by atoms with Crippen molar-refractivity contribution in [1.29, 1.82) is 0 Å². The third kappa shape index (κ3) is 4.84. The number of hydrogen-bond acceptors (Lipinski definition) is 2. The average Bonchev–Trinajstić information content (AvgIpc) is 2.62. The lowest BCUT2D eigenvalue weighted by molar-refractivity contribution is 0.0773. The van der Waals surface area contributed by atoms with Crippen LogP contribution in [0, 0.1) is 0 Å². The van der Waals surface area contributed by atoms with Crippen molar-refractivity contribution in [3.8, 4) is 0 Å². The molecule has 2 aromatic carbocycles. The monoisotopic (exact) mass is 324 g/mol. The third-order valence-electron chi connectivity index (χ3n) is 3.73. The largest absolute Gasteiger partial charge is 0.370 e. The van der Waals surface area contributed by atoms with Crippen molar-refractivity contribution in [2.45, 2.75) is 20.4 Å². The SMILES string of the molecule is CCN(CC)C(=O)c1ccc(CN=C(N)Nc2ccccc2)cc1. The van der Waals surface area contributed by atoms with E-state index in [1.165, 1.54) is 0 Å². The van der Waals surface area contributed by atoms with E-state index in [4.69, 9.17) is 5.73 Å². The zero-order valence-corrected chi connectivity index (χ0v) is 14.2. The quantitative estimate of drug-likeness (QED) is 0.633. The van der Waals surface area contributed by atoms with Gasteiger partial charge in [-0.1, -0.05) is 30.3 Å². The van der Waals surface area contributed by atoms with E-state index in [2.05, 4.69) is 10.3 Å². The summed E-state index contributed by atoms with van der Waals surface area (Å²) in [6.45, 7) is 5.84. The molecule has 0 fully saturated rings. The summed E-state index contributed by atoms with van der Waals surface area (Å²) in [5.74, 6) is 0.421. The van der Waals surface area contributed by atoms with Gasteiger partial charge in [-0.3, -0.25) is 4.79 Å². The Morgan fingerprint density at radius 3 is 2.25 bits per heavy atom. The average molecular weight is 324 g/mol. The predicted octanol–water partition coefficient (Wildman–Crippen LogP) is 3.10. The number of hydrogen-bond donors (Lipinski definition) is 2. The van der Waals surface area contributed by atoms with Gasteiger partial charge in [0.25, 0.3) is 5.91 Å². The van der Waals surface area contributed by atoms with Gasteiger partial charge in [0, 0.05) is 24.3 Å². The first-order chi connectivity index (χ1) is 11.6. The van der Waals surface area contributed by atoms with Crippen molar-refractivity contribution >= 4 is 17.6 Å². The second kappa shape index (κ2) is 8.72. The van der Waals surface area contributed by atoms with E-state index < -0.39 is 0 Å². The van der Waals surface area contributed by atoms with E-state index in [1.54, 1.807) is 4.90 Å². The first-order valence-electron chi connectivity index (χ1n) is 8.14. The summed E-state index contributed by atoms with van der Waals surface area (Å²) in [6, 6.07) is 17.2. The molecule has 0 radical (unpaired) electrons. The maximum absolute atomic E-state index is 12.3. The Bertz CT molecular complexity index is 676. The summed E-state index contributed by atoms with van der Waals surface area (Å²) >= 11 is 0. The van der Waals surface area contributed by atoms with E-state index in [9.17, 15) is 4.79 Å². The zero-order valence-electron chi connectivity index (χ0n) is 14.2. The zero-order chi connectivity index (χ0) is 17.4. The summed E-state index contributed by atoms with van der Waals surface area (Å²) < 4.78 is 0. The minimum Gasteiger partial charge on any atom is -0.370 e. The Morgan fingerprint density at radius 2 is 1.67 bits per heavy atom. The highest BCUT2D eigenvalue weighted by molar-refractivity contribution is 5.94. The molecule has 1 amide bonds. The number of aliphatic imine (C=N–C) groups is 1. The molecule has 5 heteroatoms. The standard InChI is InChI=1S/C19H24N4O/c1-3-23(4-2)18(24)16-12-10-15(11-13-16)14-21-19(20)22-17-8-6-5-7-9-17/h5-13H,3-4,14H2,1-2H3,(H3,20,21,22). The molecule has 2 rings (SSSR count).